The molecule has 19 heavy (non-hydrogen) atoms. The predicted molar refractivity (Wildman–Crippen MR) is 77.0 cm³/mol. The van der Waals surface area contributed by atoms with Crippen molar-refractivity contribution in [2.75, 3.05) is 6.54 Å². The molecule has 0 radical (unpaired) electrons. The zero-order valence-electron chi connectivity index (χ0n) is 12.2. The van der Waals surface area contributed by atoms with Crippen LogP contribution in [0.5, 0.6) is 0 Å². The Morgan fingerprint density at radius 3 is 2.89 bits per heavy atom. The molecule has 2 aliphatic heterocycles. The predicted octanol–water partition coefficient (Wildman–Crippen LogP) is 2.09. The van der Waals surface area contributed by atoms with Crippen molar-refractivity contribution in [3.8, 4) is 0 Å². The summed E-state index contributed by atoms with van der Waals surface area (Å²) in [6.45, 7) is 6.84. The summed E-state index contributed by atoms with van der Waals surface area (Å²) in [6, 6.07) is 1.42. The van der Waals surface area contributed by atoms with Gasteiger partial charge in [0.05, 0.1) is 11.7 Å². The van der Waals surface area contributed by atoms with Crippen LogP contribution in [0.3, 0.4) is 0 Å². The lowest BCUT2D eigenvalue weighted by molar-refractivity contribution is 0.109. The minimum Gasteiger partial charge on any atom is -0.334 e. The Hall–Kier alpha value is -0.870. The van der Waals surface area contributed by atoms with Crippen LogP contribution in [0.1, 0.15) is 57.1 Å². The van der Waals surface area contributed by atoms with E-state index in [0.29, 0.717) is 18.1 Å². The van der Waals surface area contributed by atoms with Gasteiger partial charge in [0.2, 0.25) is 0 Å². The summed E-state index contributed by atoms with van der Waals surface area (Å²) in [5.74, 6) is 1.20. The normalized spacial score (nSPS) is 28.6. The number of likely N-dealkylation sites (tertiary alicyclic amines) is 1. The molecule has 4 nitrogen and oxygen atoms in total. The van der Waals surface area contributed by atoms with Gasteiger partial charge in [-0.1, -0.05) is 6.42 Å². The van der Waals surface area contributed by atoms with Gasteiger partial charge in [-0.15, -0.1) is 0 Å². The number of imidazole rings is 1. The summed E-state index contributed by atoms with van der Waals surface area (Å²) in [5.41, 5.74) is 7.32. The molecule has 1 aromatic rings. The van der Waals surface area contributed by atoms with Crippen molar-refractivity contribution in [2.45, 2.75) is 70.6 Å². The highest BCUT2D eigenvalue weighted by molar-refractivity contribution is 5.13. The van der Waals surface area contributed by atoms with Crippen LogP contribution in [0.25, 0.3) is 0 Å². The van der Waals surface area contributed by atoms with Gasteiger partial charge < -0.3 is 10.3 Å². The number of hydrogen-bond donors (Lipinski definition) is 1. The molecule has 0 amide bonds. The second kappa shape index (κ2) is 5.25. The maximum atomic E-state index is 6.05. The summed E-state index contributed by atoms with van der Waals surface area (Å²) < 4.78 is 2.33. The van der Waals surface area contributed by atoms with Gasteiger partial charge in [0, 0.05) is 31.2 Å². The smallest absolute Gasteiger partial charge is 0.110 e. The zero-order valence-corrected chi connectivity index (χ0v) is 12.2. The number of piperidine rings is 1. The minimum absolute atomic E-state index is 0.301. The Balaban J connectivity index is 1.84. The molecule has 2 N–H and O–H groups in total. The highest BCUT2D eigenvalue weighted by Gasteiger charge is 2.29. The fourth-order valence-corrected chi connectivity index (χ4v) is 3.52. The van der Waals surface area contributed by atoms with Crippen molar-refractivity contribution in [3.63, 3.8) is 0 Å². The molecule has 0 spiro atoms. The largest absolute Gasteiger partial charge is 0.334 e. The van der Waals surface area contributed by atoms with Gasteiger partial charge in [-0.05, 0) is 39.7 Å². The van der Waals surface area contributed by atoms with Gasteiger partial charge in [-0.25, -0.2) is 4.98 Å². The maximum absolute atomic E-state index is 6.05. The maximum Gasteiger partial charge on any atom is 0.110 e. The molecular formula is C15H26N4. The Morgan fingerprint density at radius 1 is 1.26 bits per heavy atom. The lowest BCUT2D eigenvalue weighted by atomic mass is 9.98. The van der Waals surface area contributed by atoms with E-state index in [9.17, 15) is 0 Å². The zero-order chi connectivity index (χ0) is 13.4. The van der Waals surface area contributed by atoms with Crippen LogP contribution < -0.4 is 5.73 Å². The van der Waals surface area contributed by atoms with Crippen molar-refractivity contribution < 1.29 is 0 Å². The molecule has 0 aromatic carbocycles. The molecule has 2 unspecified atom stereocenters. The fourth-order valence-electron chi connectivity index (χ4n) is 3.52. The van der Waals surface area contributed by atoms with Crippen molar-refractivity contribution in [2.24, 2.45) is 5.73 Å². The van der Waals surface area contributed by atoms with E-state index in [1.165, 1.54) is 37.3 Å². The Morgan fingerprint density at radius 2 is 2.11 bits per heavy atom. The SMILES string of the molecule is CC(C)N1CCCCC1c1cn2c(n1)CC(N)CC2. The van der Waals surface area contributed by atoms with E-state index in [4.69, 9.17) is 10.7 Å². The van der Waals surface area contributed by atoms with E-state index < -0.39 is 0 Å². The summed E-state index contributed by atoms with van der Waals surface area (Å²) in [6.07, 6.45) is 8.21. The molecule has 0 bridgehead atoms. The van der Waals surface area contributed by atoms with Crippen LogP contribution in [-0.2, 0) is 13.0 Å². The van der Waals surface area contributed by atoms with Crippen LogP contribution in [0.4, 0.5) is 0 Å². The first-order valence-corrected chi connectivity index (χ1v) is 7.72. The Kier molecular flexibility index (Phi) is 3.63. The Labute approximate surface area is 116 Å². The van der Waals surface area contributed by atoms with E-state index in [1.54, 1.807) is 0 Å². The topological polar surface area (TPSA) is 47.1 Å². The van der Waals surface area contributed by atoms with Crippen LogP contribution in [0, 0.1) is 0 Å². The molecule has 2 atom stereocenters. The second-order valence-corrected chi connectivity index (χ2v) is 6.37. The first-order valence-electron chi connectivity index (χ1n) is 7.72. The van der Waals surface area contributed by atoms with E-state index in [-0.39, 0.29) is 0 Å². The summed E-state index contributed by atoms with van der Waals surface area (Å²) in [4.78, 5) is 7.51. The molecule has 3 rings (SSSR count). The molecule has 1 aromatic heterocycles. The van der Waals surface area contributed by atoms with E-state index in [2.05, 4.69) is 29.5 Å². The number of aromatic nitrogens is 2. The first kappa shape index (κ1) is 13.1. The number of nitrogens with zero attached hydrogens (tertiary/aromatic N) is 3. The van der Waals surface area contributed by atoms with Crippen LogP contribution >= 0.6 is 0 Å². The average Bonchev–Trinajstić information content (AvgIpc) is 2.81. The number of rotatable bonds is 2. The molecule has 2 aliphatic rings. The molecular weight excluding hydrogens is 236 g/mol. The lowest BCUT2D eigenvalue weighted by Gasteiger charge is -2.37. The molecule has 4 heteroatoms. The molecule has 1 saturated heterocycles. The quantitative estimate of drug-likeness (QED) is 0.888. The summed E-state index contributed by atoms with van der Waals surface area (Å²) in [7, 11) is 0. The monoisotopic (exact) mass is 262 g/mol. The molecule has 0 aliphatic carbocycles. The number of aryl methyl sites for hydroxylation is 1. The average molecular weight is 262 g/mol. The van der Waals surface area contributed by atoms with E-state index >= 15 is 0 Å². The minimum atomic E-state index is 0.301. The third-order valence-electron chi connectivity index (χ3n) is 4.61. The Bertz CT molecular complexity index is 437. The third-order valence-corrected chi connectivity index (χ3v) is 4.61. The molecule has 106 valence electrons. The molecule has 0 saturated carbocycles. The highest BCUT2D eigenvalue weighted by atomic mass is 15.2. The van der Waals surface area contributed by atoms with Gasteiger partial charge in [0.15, 0.2) is 0 Å². The van der Waals surface area contributed by atoms with E-state index in [0.717, 1.165) is 19.4 Å². The summed E-state index contributed by atoms with van der Waals surface area (Å²) in [5, 5.41) is 0. The van der Waals surface area contributed by atoms with Crippen LogP contribution in [0.2, 0.25) is 0 Å². The fraction of sp³-hybridized carbons (Fsp3) is 0.800. The van der Waals surface area contributed by atoms with Crippen molar-refractivity contribution in [1.82, 2.24) is 14.5 Å². The van der Waals surface area contributed by atoms with Crippen molar-refractivity contribution in [1.29, 1.82) is 0 Å². The number of nitrogens with two attached hydrogens (primary N) is 1. The lowest BCUT2D eigenvalue weighted by Crippen LogP contribution is -2.38. The van der Waals surface area contributed by atoms with Crippen LogP contribution in [0.15, 0.2) is 6.20 Å². The second-order valence-electron chi connectivity index (χ2n) is 6.37. The number of hydrogen-bond acceptors (Lipinski definition) is 3. The molecule has 1 fully saturated rings. The van der Waals surface area contributed by atoms with Gasteiger partial charge >= 0.3 is 0 Å². The van der Waals surface area contributed by atoms with E-state index in [1.807, 2.05) is 0 Å². The van der Waals surface area contributed by atoms with Crippen molar-refractivity contribution in [3.05, 3.63) is 17.7 Å². The standard InChI is InChI=1S/C15H26N4/c1-11(2)19-7-4-3-5-14(19)13-10-18-8-6-12(16)9-15(18)17-13/h10-12,14H,3-9,16H2,1-2H3. The first-order chi connectivity index (χ1) is 9.15. The third kappa shape index (κ3) is 2.56. The van der Waals surface area contributed by atoms with Gasteiger partial charge in [0.25, 0.3) is 0 Å². The summed E-state index contributed by atoms with van der Waals surface area (Å²) >= 11 is 0. The highest BCUT2D eigenvalue weighted by Crippen LogP contribution is 2.32. The van der Waals surface area contributed by atoms with Gasteiger partial charge in [-0.2, -0.15) is 0 Å². The van der Waals surface area contributed by atoms with Crippen LogP contribution in [-0.4, -0.2) is 33.1 Å². The number of fused-ring (bicyclic) bond motifs is 1. The van der Waals surface area contributed by atoms with Gasteiger partial charge in [-0.3, -0.25) is 4.90 Å². The van der Waals surface area contributed by atoms with Crippen molar-refractivity contribution >= 4 is 0 Å². The molecule has 3 heterocycles. The van der Waals surface area contributed by atoms with Gasteiger partial charge in [0.1, 0.15) is 5.82 Å².